The highest BCUT2D eigenvalue weighted by Crippen LogP contribution is 2.05. The standard InChI is InChI=1S/C11H9N3O2/c12-7-9(10(15)14-11(13)16)6-8-4-2-1-3-5-8/h1-6H,(H3,13,14,15,16)/b9-6-. The molecule has 3 amide bonds. The van der Waals surface area contributed by atoms with Gasteiger partial charge in [-0.3, -0.25) is 10.1 Å². The molecule has 0 aliphatic heterocycles. The fourth-order valence-electron chi connectivity index (χ4n) is 1.04. The van der Waals surface area contributed by atoms with Crippen LogP contribution < -0.4 is 11.1 Å². The van der Waals surface area contributed by atoms with Crippen molar-refractivity contribution in [1.82, 2.24) is 5.32 Å². The molecule has 0 heterocycles. The third-order valence-electron chi connectivity index (χ3n) is 1.71. The zero-order valence-corrected chi connectivity index (χ0v) is 8.31. The lowest BCUT2D eigenvalue weighted by Crippen LogP contribution is -2.35. The van der Waals surface area contributed by atoms with E-state index in [-0.39, 0.29) is 5.57 Å². The maximum Gasteiger partial charge on any atom is 0.319 e. The number of primary amides is 1. The molecule has 0 radical (unpaired) electrons. The first-order valence-corrected chi connectivity index (χ1v) is 4.41. The van der Waals surface area contributed by atoms with Gasteiger partial charge in [0.2, 0.25) is 0 Å². The van der Waals surface area contributed by atoms with Gasteiger partial charge in [0, 0.05) is 0 Å². The highest BCUT2D eigenvalue weighted by atomic mass is 16.2. The van der Waals surface area contributed by atoms with Crippen LogP contribution in [0.15, 0.2) is 35.9 Å². The second-order valence-corrected chi connectivity index (χ2v) is 2.90. The van der Waals surface area contributed by atoms with Crippen molar-refractivity contribution in [3.63, 3.8) is 0 Å². The Bertz CT molecular complexity index is 472. The SMILES string of the molecule is N#C/C(=C/c1ccccc1)C(=O)NC(N)=O. The number of carbonyl (C=O) groups excluding carboxylic acids is 2. The lowest BCUT2D eigenvalue weighted by Gasteiger charge is -1.98. The van der Waals surface area contributed by atoms with Gasteiger partial charge < -0.3 is 5.73 Å². The monoisotopic (exact) mass is 215 g/mol. The number of amides is 3. The van der Waals surface area contributed by atoms with Crippen molar-refractivity contribution in [1.29, 1.82) is 5.26 Å². The highest BCUT2D eigenvalue weighted by molar-refractivity contribution is 6.08. The molecule has 0 bridgehead atoms. The van der Waals surface area contributed by atoms with Crippen molar-refractivity contribution in [3.05, 3.63) is 41.5 Å². The summed E-state index contributed by atoms with van der Waals surface area (Å²) in [6, 6.07) is 9.53. The minimum atomic E-state index is -0.987. The van der Waals surface area contributed by atoms with E-state index in [1.165, 1.54) is 6.08 Å². The Morgan fingerprint density at radius 3 is 2.44 bits per heavy atom. The second kappa shape index (κ2) is 5.32. The Morgan fingerprint density at radius 2 is 1.94 bits per heavy atom. The van der Waals surface area contributed by atoms with Crippen LogP contribution in [0.5, 0.6) is 0 Å². The molecular weight excluding hydrogens is 206 g/mol. The fourth-order valence-corrected chi connectivity index (χ4v) is 1.04. The number of carbonyl (C=O) groups is 2. The van der Waals surface area contributed by atoms with E-state index >= 15 is 0 Å². The quantitative estimate of drug-likeness (QED) is 0.563. The minimum Gasteiger partial charge on any atom is -0.351 e. The normalized spacial score (nSPS) is 10.3. The van der Waals surface area contributed by atoms with Crippen LogP contribution in [-0.2, 0) is 4.79 Å². The number of nitriles is 1. The van der Waals surface area contributed by atoms with Gasteiger partial charge in [-0.2, -0.15) is 5.26 Å². The third-order valence-corrected chi connectivity index (χ3v) is 1.71. The van der Waals surface area contributed by atoms with Crippen LogP contribution in [-0.4, -0.2) is 11.9 Å². The lowest BCUT2D eigenvalue weighted by atomic mass is 10.1. The van der Waals surface area contributed by atoms with Crippen molar-refractivity contribution < 1.29 is 9.59 Å². The Morgan fingerprint density at radius 1 is 1.31 bits per heavy atom. The zero-order valence-electron chi connectivity index (χ0n) is 8.31. The average Bonchev–Trinajstić information content (AvgIpc) is 2.26. The maximum atomic E-state index is 11.3. The predicted octanol–water partition coefficient (Wildman–Crippen LogP) is 0.788. The number of urea groups is 1. The molecule has 5 heteroatoms. The van der Waals surface area contributed by atoms with Crippen molar-refractivity contribution >= 4 is 18.0 Å². The molecular formula is C11H9N3O2. The van der Waals surface area contributed by atoms with Crippen LogP contribution in [0.4, 0.5) is 4.79 Å². The summed E-state index contributed by atoms with van der Waals surface area (Å²) in [6.07, 6.45) is 1.37. The van der Waals surface area contributed by atoms with Gasteiger partial charge in [-0.1, -0.05) is 30.3 Å². The number of nitrogens with two attached hydrogens (primary N) is 1. The van der Waals surface area contributed by atoms with Gasteiger partial charge in [0.25, 0.3) is 5.91 Å². The van der Waals surface area contributed by atoms with E-state index in [0.717, 1.165) is 0 Å². The number of nitrogens with zero attached hydrogens (tertiary/aromatic N) is 1. The van der Waals surface area contributed by atoms with Crippen LogP contribution >= 0.6 is 0 Å². The van der Waals surface area contributed by atoms with Gasteiger partial charge in [0.1, 0.15) is 11.6 Å². The van der Waals surface area contributed by atoms with Crippen molar-refractivity contribution in [2.75, 3.05) is 0 Å². The predicted molar refractivity (Wildman–Crippen MR) is 57.8 cm³/mol. The van der Waals surface area contributed by atoms with Crippen molar-refractivity contribution in [3.8, 4) is 6.07 Å². The molecule has 0 saturated heterocycles. The van der Waals surface area contributed by atoms with Gasteiger partial charge in [-0.05, 0) is 11.6 Å². The largest absolute Gasteiger partial charge is 0.351 e. The molecule has 5 nitrogen and oxygen atoms in total. The van der Waals surface area contributed by atoms with E-state index in [2.05, 4.69) is 0 Å². The van der Waals surface area contributed by atoms with Crippen molar-refractivity contribution in [2.45, 2.75) is 0 Å². The Labute approximate surface area is 92.2 Å². The second-order valence-electron chi connectivity index (χ2n) is 2.90. The molecule has 1 aromatic rings. The third kappa shape index (κ3) is 3.27. The van der Waals surface area contributed by atoms with E-state index in [0.29, 0.717) is 5.56 Å². The molecule has 0 aliphatic rings. The summed E-state index contributed by atoms with van der Waals surface area (Å²) in [5, 5.41) is 10.6. The van der Waals surface area contributed by atoms with Crippen molar-refractivity contribution in [2.24, 2.45) is 5.73 Å². The van der Waals surface area contributed by atoms with Gasteiger partial charge >= 0.3 is 6.03 Å². The zero-order chi connectivity index (χ0) is 12.0. The van der Waals surface area contributed by atoms with Gasteiger partial charge in [0.15, 0.2) is 0 Å². The molecule has 80 valence electrons. The minimum absolute atomic E-state index is 0.176. The van der Waals surface area contributed by atoms with E-state index in [9.17, 15) is 9.59 Å². The molecule has 3 N–H and O–H groups in total. The number of hydrogen-bond donors (Lipinski definition) is 2. The van der Waals surface area contributed by atoms with Crippen LogP contribution in [0.3, 0.4) is 0 Å². The van der Waals surface area contributed by atoms with Gasteiger partial charge in [-0.25, -0.2) is 4.79 Å². The van der Waals surface area contributed by atoms with Crippen LogP contribution in [0.1, 0.15) is 5.56 Å². The summed E-state index contributed by atoms with van der Waals surface area (Å²) in [6.45, 7) is 0. The molecule has 1 rings (SSSR count). The molecule has 0 spiro atoms. The Kier molecular flexibility index (Phi) is 3.81. The molecule has 0 atom stereocenters. The van der Waals surface area contributed by atoms with Crippen LogP contribution in [0, 0.1) is 11.3 Å². The summed E-state index contributed by atoms with van der Waals surface area (Å²) in [5.41, 5.74) is 5.29. The number of benzene rings is 1. The van der Waals surface area contributed by atoms with E-state index in [1.54, 1.807) is 30.3 Å². The van der Waals surface area contributed by atoms with Gasteiger partial charge in [0.05, 0.1) is 0 Å². The summed E-state index contributed by atoms with van der Waals surface area (Å²) < 4.78 is 0. The number of hydrogen-bond acceptors (Lipinski definition) is 3. The average molecular weight is 215 g/mol. The summed E-state index contributed by atoms with van der Waals surface area (Å²) in [4.78, 5) is 21.7. The van der Waals surface area contributed by atoms with E-state index in [4.69, 9.17) is 11.0 Å². The molecule has 0 fully saturated rings. The molecule has 0 aromatic heterocycles. The lowest BCUT2D eigenvalue weighted by molar-refractivity contribution is -0.115. The molecule has 0 aliphatic carbocycles. The smallest absolute Gasteiger partial charge is 0.319 e. The number of rotatable bonds is 2. The number of nitrogens with one attached hydrogen (secondary N) is 1. The summed E-state index contributed by atoms with van der Waals surface area (Å²) in [5.74, 6) is -0.807. The van der Waals surface area contributed by atoms with E-state index < -0.39 is 11.9 Å². The number of imide groups is 1. The molecule has 16 heavy (non-hydrogen) atoms. The fraction of sp³-hybridized carbons (Fsp3) is 0. The topological polar surface area (TPSA) is 96.0 Å². The van der Waals surface area contributed by atoms with Crippen LogP contribution in [0.25, 0.3) is 6.08 Å². The summed E-state index contributed by atoms with van der Waals surface area (Å²) >= 11 is 0. The molecule has 1 aromatic carbocycles. The molecule has 0 saturated carbocycles. The first-order valence-electron chi connectivity index (χ1n) is 4.41. The first kappa shape index (κ1) is 11.5. The van der Waals surface area contributed by atoms with E-state index in [1.807, 2.05) is 11.4 Å². The van der Waals surface area contributed by atoms with Crippen LogP contribution in [0.2, 0.25) is 0 Å². The first-order chi connectivity index (χ1) is 7.63. The summed E-state index contributed by atoms with van der Waals surface area (Å²) in [7, 11) is 0. The molecule has 0 unspecified atom stereocenters. The Balaban J connectivity index is 2.92. The Hall–Kier alpha value is -2.61. The van der Waals surface area contributed by atoms with Gasteiger partial charge in [-0.15, -0.1) is 0 Å². The maximum absolute atomic E-state index is 11.3. The highest BCUT2D eigenvalue weighted by Gasteiger charge is 2.10.